The Labute approximate surface area is 189 Å². The van der Waals surface area contributed by atoms with Crippen molar-refractivity contribution in [3.05, 3.63) is 82.2 Å². The third-order valence-electron chi connectivity index (χ3n) is 6.28. The van der Waals surface area contributed by atoms with E-state index in [9.17, 15) is 22.0 Å². The van der Waals surface area contributed by atoms with Crippen LogP contribution in [0.1, 0.15) is 61.3 Å². The molecular formula is C27H24F6. The van der Waals surface area contributed by atoms with Gasteiger partial charge in [-0.25, -0.2) is 13.2 Å². The molecule has 0 spiro atoms. The molecule has 0 amide bonds. The van der Waals surface area contributed by atoms with E-state index in [2.05, 4.69) is 13.0 Å². The summed E-state index contributed by atoms with van der Waals surface area (Å²) in [5, 5.41) is 0. The highest BCUT2D eigenvalue weighted by Crippen LogP contribution is 2.42. The van der Waals surface area contributed by atoms with E-state index < -0.39 is 29.2 Å². The van der Waals surface area contributed by atoms with Gasteiger partial charge >= 0.3 is 6.18 Å². The van der Waals surface area contributed by atoms with Crippen LogP contribution in [0.3, 0.4) is 0 Å². The maximum atomic E-state index is 15.4. The molecule has 0 heterocycles. The Kier molecular flexibility index (Phi) is 6.55. The van der Waals surface area contributed by atoms with Gasteiger partial charge in [0.25, 0.3) is 0 Å². The lowest BCUT2D eigenvalue weighted by atomic mass is 9.96. The van der Waals surface area contributed by atoms with Gasteiger partial charge in [0.2, 0.25) is 0 Å². The lowest BCUT2D eigenvalue weighted by molar-refractivity contribution is -0.142. The first kappa shape index (κ1) is 23.4. The van der Waals surface area contributed by atoms with Crippen LogP contribution in [0.15, 0.2) is 42.5 Å². The summed E-state index contributed by atoms with van der Waals surface area (Å²) in [6, 6.07) is 10.2. The van der Waals surface area contributed by atoms with Crippen molar-refractivity contribution in [2.45, 2.75) is 58.0 Å². The second kappa shape index (κ2) is 9.24. The zero-order chi connectivity index (χ0) is 23.8. The molecule has 0 N–H and O–H groups in total. The Morgan fingerprint density at radius 2 is 1.39 bits per heavy atom. The van der Waals surface area contributed by atoms with Crippen LogP contribution in [0, 0.1) is 17.5 Å². The average Bonchev–Trinajstić information content (AvgIpc) is 3.11. The van der Waals surface area contributed by atoms with Gasteiger partial charge in [-0.05, 0) is 52.8 Å². The standard InChI is InChI=1S/C27H24F6/c1-2-3-4-5-6-7-16-8-9-19-17(12-16)13-22-21(19)11-10-20(26(22)30)18-14-23(28)25(24(29)15-18)27(31,32)33/h8-12,14-15H,2-7,13H2,1H3. The SMILES string of the molecule is CCCCCCCc1ccc2c(c1)Cc1c-2ccc(-c2cc(F)c(C(F)(F)F)c(F)c2)c1F. The van der Waals surface area contributed by atoms with Crippen molar-refractivity contribution >= 4 is 0 Å². The molecule has 0 saturated heterocycles. The topological polar surface area (TPSA) is 0 Å². The predicted octanol–water partition coefficient (Wildman–Crippen LogP) is 8.87. The van der Waals surface area contributed by atoms with Crippen molar-refractivity contribution in [2.75, 3.05) is 0 Å². The van der Waals surface area contributed by atoms with Crippen molar-refractivity contribution in [1.82, 2.24) is 0 Å². The molecule has 6 heteroatoms. The minimum Gasteiger partial charge on any atom is -0.206 e. The van der Waals surface area contributed by atoms with Crippen molar-refractivity contribution < 1.29 is 26.3 Å². The van der Waals surface area contributed by atoms with Crippen LogP contribution in [-0.4, -0.2) is 0 Å². The quantitative estimate of drug-likeness (QED) is 0.190. The van der Waals surface area contributed by atoms with Gasteiger partial charge in [-0.3, -0.25) is 0 Å². The van der Waals surface area contributed by atoms with Gasteiger partial charge in [-0.15, -0.1) is 0 Å². The maximum Gasteiger partial charge on any atom is 0.422 e. The van der Waals surface area contributed by atoms with Crippen LogP contribution in [-0.2, 0) is 19.0 Å². The molecule has 4 rings (SSSR count). The number of rotatable bonds is 7. The van der Waals surface area contributed by atoms with Crippen LogP contribution >= 0.6 is 0 Å². The molecule has 0 fully saturated rings. The van der Waals surface area contributed by atoms with Gasteiger partial charge in [0.05, 0.1) is 0 Å². The third-order valence-corrected chi connectivity index (χ3v) is 6.28. The average molecular weight is 462 g/mol. The second-order valence-corrected chi connectivity index (χ2v) is 8.60. The molecule has 3 aromatic carbocycles. The number of unbranched alkanes of at least 4 members (excludes halogenated alkanes) is 4. The molecule has 33 heavy (non-hydrogen) atoms. The van der Waals surface area contributed by atoms with Gasteiger partial charge in [-0.1, -0.05) is 62.9 Å². The molecule has 0 radical (unpaired) electrons. The first-order valence-corrected chi connectivity index (χ1v) is 11.2. The van der Waals surface area contributed by atoms with Crippen LogP contribution in [0.25, 0.3) is 22.3 Å². The Morgan fingerprint density at radius 3 is 2.06 bits per heavy atom. The number of hydrogen-bond donors (Lipinski definition) is 0. The van der Waals surface area contributed by atoms with E-state index >= 15 is 4.39 Å². The van der Waals surface area contributed by atoms with Crippen LogP contribution in [0.4, 0.5) is 26.3 Å². The van der Waals surface area contributed by atoms with E-state index in [-0.39, 0.29) is 11.1 Å². The van der Waals surface area contributed by atoms with E-state index in [0.29, 0.717) is 29.7 Å². The van der Waals surface area contributed by atoms with Gasteiger partial charge < -0.3 is 0 Å². The summed E-state index contributed by atoms with van der Waals surface area (Å²) < 4.78 is 82.1. The molecule has 0 bridgehead atoms. The minimum absolute atomic E-state index is 0.121. The first-order valence-electron chi connectivity index (χ1n) is 11.2. The largest absolute Gasteiger partial charge is 0.422 e. The summed E-state index contributed by atoms with van der Waals surface area (Å²) in [4.78, 5) is 0. The summed E-state index contributed by atoms with van der Waals surface area (Å²) in [5.41, 5.74) is 1.82. The van der Waals surface area contributed by atoms with E-state index in [0.717, 1.165) is 24.0 Å². The fourth-order valence-corrected chi connectivity index (χ4v) is 4.60. The molecule has 3 aromatic rings. The Hall–Kier alpha value is -2.76. The summed E-state index contributed by atoms with van der Waals surface area (Å²) in [7, 11) is 0. The fraction of sp³-hybridized carbons (Fsp3) is 0.333. The van der Waals surface area contributed by atoms with Crippen LogP contribution in [0.5, 0.6) is 0 Å². The number of benzene rings is 3. The smallest absolute Gasteiger partial charge is 0.206 e. The van der Waals surface area contributed by atoms with Gasteiger partial charge in [-0.2, -0.15) is 13.2 Å². The molecular weight excluding hydrogens is 438 g/mol. The van der Waals surface area contributed by atoms with Crippen LogP contribution < -0.4 is 0 Å². The lowest BCUT2D eigenvalue weighted by Crippen LogP contribution is -2.11. The monoisotopic (exact) mass is 462 g/mol. The number of halogens is 6. The Morgan fingerprint density at radius 1 is 0.758 bits per heavy atom. The minimum atomic E-state index is -5.17. The van der Waals surface area contributed by atoms with E-state index in [1.54, 1.807) is 6.07 Å². The van der Waals surface area contributed by atoms with E-state index in [1.165, 1.54) is 37.3 Å². The van der Waals surface area contributed by atoms with Crippen LogP contribution in [0.2, 0.25) is 0 Å². The summed E-state index contributed by atoms with van der Waals surface area (Å²) >= 11 is 0. The summed E-state index contributed by atoms with van der Waals surface area (Å²) in [6.45, 7) is 2.17. The molecule has 0 aliphatic heterocycles. The van der Waals surface area contributed by atoms with Gasteiger partial charge in [0.15, 0.2) is 0 Å². The fourth-order valence-electron chi connectivity index (χ4n) is 4.60. The van der Waals surface area contributed by atoms with Crippen molar-refractivity contribution in [2.24, 2.45) is 0 Å². The Bertz CT molecular complexity index is 1150. The lowest BCUT2D eigenvalue weighted by Gasteiger charge is -2.13. The third kappa shape index (κ3) is 4.66. The highest BCUT2D eigenvalue weighted by atomic mass is 19.4. The van der Waals surface area contributed by atoms with E-state index in [4.69, 9.17) is 0 Å². The zero-order valence-corrected chi connectivity index (χ0v) is 18.3. The Balaban J connectivity index is 1.60. The molecule has 0 unspecified atom stereocenters. The maximum absolute atomic E-state index is 15.4. The second-order valence-electron chi connectivity index (χ2n) is 8.60. The molecule has 1 aliphatic rings. The molecule has 0 nitrogen and oxygen atoms in total. The molecule has 1 aliphatic carbocycles. The molecule has 0 atom stereocenters. The van der Waals surface area contributed by atoms with Gasteiger partial charge in [0.1, 0.15) is 23.0 Å². The number of hydrogen-bond acceptors (Lipinski definition) is 0. The number of aryl methyl sites for hydroxylation is 1. The molecule has 174 valence electrons. The molecule has 0 saturated carbocycles. The summed E-state index contributed by atoms with van der Waals surface area (Å²) in [6.07, 6.45) is 2.01. The predicted molar refractivity (Wildman–Crippen MR) is 117 cm³/mol. The highest BCUT2D eigenvalue weighted by molar-refractivity contribution is 5.81. The van der Waals surface area contributed by atoms with Crippen molar-refractivity contribution in [1.29, 1.82) is 0 Å². The number of fused-ring (bicyclic) bond motifs is 3. The number of alkyl halides is 3. The first-order chi connectivity index (χ1) is 15.7. The van der Waals surface area contributed by atoms with Crippen molar-refractivity contribution in [3.8, 4) is 22.3 Å². The normalized spacial score (nSPS) is 12.7. The zero-order valence-electron chi connectivity index (χ0n) is 18.3. The highest BCUT2D eigenvalue weighted by Gasteiger charge is 2.38. The molecule has 0 aromatic heterocycles. The van der Waals surface area contributed by atoms with Gasteiger partial charge in [0, 0.05) is 17.5 Å². The summed E-state index contributed by atoms with van der Waals surface area (Å²) in [5.74, 6) is -4.18. The van der Waals surface area contributed by atoms with Crippen molar-refractivity contribution in [3.63, 3.8) is 0 Å². The van der Waals surface area contributed by atoms with E-state index in [1.807, 2.05) is 12.1 Å².